The number of aryl methyl sites for hydroxylation is 1. The Balaban J connectivity index is 2.28. The fourth-order valence-electron chi connectivity index (χ4n) is 2.41. The lowest BCUT2D eigenvalue weighted by Gasteiger charge is -2.12. The lowest BCUT2D eigenvalue weighted by molar-refractivity contribution is 0.111. The molecule has 0 unspecified atom stereocenters. The molecular weight excluding hydrogens is 297 g/mol. The summed E-state index contributed by atoms with van der Waals surface area (Å²) in [5.41, 5.74) is 2.70. The highest BCUT2D eigenvalue weighted by atomic mass is 19.1. The molecule has 0 radical (unpaired) electrons. The highest BCUT2D eigenvalue weighted by molar-refractivity contribution is 5.84. The molecule has 1 heterocycles. The van der Waals surface area contributed by atoms with Gasteiger partial charge in [-0.2, -0.15) is 0 Å². The number of hydrogen-bond acceptors (Lipinski definition) is 4. The van der Waals surface area contributed by atoms with Crippen LogP contribution >= 0.6 is 0 Å². The van der Waals surface area contributed by atoms with Crippen LogP contribution in [0.2, 0.25) is 0 Å². The Morgan fingerprint density at radius 2 is 2.04 bits per heavy atom. The number of methoxy groups -OCH3 is 1. The Morgan fingerprint density at radius 1 is 1.22 bits per heavy atom. The van der Waals surface area contributed by atoms with Crippen molar-refractivity contribution in [2.45, 2.75) is 6.92 Å². The van der Waals surface area contributed by atoms with Crippen molar-refractivity contribution in [2.24, 2.45) is 0 Å². The Labute approximate surface area is 132 Å². The van der Waals surface area contributed by atoms with Gasteiger partial charge in [0.15, 0.2) is 12.0 Å². The van der Waals surface area contributed by atoms with E-state index in [-0.39, 0.29) is 5.69 Å². The summed E-state index contributed by atoms with van der Waals surface area (Å²) >= 11 is 0. The largest absolute Gasteiger partial charge is 0.494 e. The van der Waals surface area contributed by atoms with Gasteiger partial charge in [-0.25, -0.2) is 9.07 Å². The summed E-state index contributed by atoms with van der Waals surface area (Å²) in [6.45, 7) is 1.93. The van der Waals surface area contributed by atoms with Crippen molar-refractivity contribution in [1.82, 2.24) is 15.0 Å². The molecule has 0 fully saturated rings. The molecule has 1 aromatic heterocycles. The quantitative estimate of drug-likeness (QED) is 0.694. The summed E-state index contributed by atoms with van der Waals surface area (Å²) in [5, 5.41) is 7.93. The molecule has 3 aromatic rings. The minimum atomic E-state index is -0.400. The maximum atomic E-state index is 13.6. The number of aldehydes is 1. The van der Waals surface area contributed by atoms with Crippen LogP contribution in [0.25, 0.3) is 16.9 Å². The van der Waals surface area contributed by atoms with Crippen LogP contribution in [0.1, 0.15) is 16.1 Å². The molecule has 0 aliphatic heterocycles. The van der Waals surface area contributed by atoms with E-state index in [1.165, 1.54) is 16.8 Å². The number of rotatable bonds is 4. The Hall–Kier alpha value is -3.02. The van der Waals surface area contributed by atoms with E-state index < -0.39 is 5.82 Å². The van der Waals surface area contributed by atoms with Crippen molar-refractivity contribution in [2.75, 3.05) is 7.11 Å². The molecule has 0 saturated heterocycles. The molecule has 0 aliphatic carbocycles. The van der Waals surface area contributed by atoms with Gasteiger partial charge in [0.05, 0.1) is 7.11 Å². The van der Waals surface area contributed by atoms with Gasteiger partial charge in [0.25, 0.3) is 0 Å². The first-order valence-corrected chi connectivity index (χ1v) is 6.96. The fraction of sp³-hybridized carbons (Fsp3) is 0.118. The molecule has 116 valence electrons. The fourth-order valence-corrected chi connectivity index (χ4v) is 2.41. The van der Waals surface area contributed by atoms with Crippen molar-refractivity contribution in [1.29, 1.82) is 0 Å². The Kier molecular flexibility index (Phi) is 3.89. The first-order valence-electron chi connectivity index (χ1n) is 6.96. The van der Waals surface area contributed by atoms with Crippen molar-refractivity contribution >= 4 is 6.29 Å². The van der Waals surface area contributed by atoms with E-state index in [1.807, 2.05) is 25.1 Å². The lowest BCUT2D eigenvalue weighted by atomic mass is 10.1. The van der Waals surface area contributed by atoms with Crippen LogP contribution in [0.5, 0.6) is 5.75 Å². The van der Waals surface area contributed by atoms with Crippen LogP contribution in [0.3, 0.4) is 0 Å². The van der Waals surface area contributed by atoms with Crippen LogP contribution in [0, 0.1) is 12.7 Å². The van der Waals surface area contributed by atoms with Gasteiger partial charge in [0, 0.05) is 5.56 Å². The van der Waals surface area contributed by atoms with Crippen LogP contribution in [0.15, 0.2) is 42.5 Å². The van der Waals surface area contributed by atoms with Crippen molar-refractivity contribution in [3.8, 4) is 22.7 Å². The molecule has 0 saturated carbocycles. The minimum Gasteiger partial charge on any atom is -0.494 e. The third-order valence-electron chi connectivity index (χ3n) is 3.47. The second kappa shape index (κ2) is 6.00. The van der Waals surface area contributed by atoms with E-state index in [2.05, 4.69) is 10.3 Å². The SMILES string of the molecule is COc1ccc(C)cc1-n1nnc(C=O)c1-c1cccc(F)c1. The van der Waals surface area contributed by atoms with Gasteiger partial charge in [-0.05, 0) is 36.8 Å². The third kappa shape index (κ3) is 2.70. The molecule has 23 heavy (non-hydrogen) atoms. The molecule has 6 heteroatoms. The van der Waals surface area contributed by atoms with Crippen molar-refractivity contribution in [3.63, 3.8) is 0 Å². The van der Waals surface area contributed by atoms with E-state index in [9.17, 15) is 9.18 Å². The maximum absolute atomic E-state index is 13.6. The average molecular weight is 311 g/mol. The highest BCUT2D eigenvalue weighted by Gasteiger charge is 2.19. The van der Waals surface area contributed by atoms with Crippen LogP contribution in [0.4, 0.5) is 4.39 Å². The van der Waals surface area contributed by atoms with Gasteiger partial charge in [0.1, 0.15) is 22.9 Å². The van der Waals surface area contributed by atoms with Crippen molar-refractivity contribution in [3.05, 3.63) is 59.5 Å². The second-order valence-electron chi connectivity index (χ2n) is 5.04. The minimum absolute atomic E-state index is 0.138. The summed E-state index contributed by atoms with van der Waals surface area (Å²) in [6, 6.07) is 11.5. The van der Waals surface area contributed by atoms with E-state index in [0.717, 1.165) is 5.56 Å². The van der Waals surface area contributed by atoms with Gasteiger partial charge in [0.2, 0.25) is 0 Å². The molecule has 2 aromatic carbocycles. The predicted molar refractivity (Wildman–Crippen MR) is 83.4 cm³/mol. The number of carbonyl (C=O) groups excluding carboxylic acids is 1. The Bertz CT molecular complexity index is 874. The zero-order valence-electron chi connectivity index (χ0n) is 12.7. The smallest absolute Gasteiger partial charge is 0.172 e. The summed E-state index contributed by atoms with van der Waals surface area (Å²) < 4.78 is 20.4. The molecule has 0 spiro atoms. The van der Waals surface area contributed by atoms with Gasteiger partial charge < -0.3 is 4.74 Å². The van der Waals surface area contributed by atoms with E-state index >= 15 is 0 Å². The normalized spacial score (nSPS) is 10.6. The molecular formula is C17H14FN3O2. The van der Waals surface area contributed by atoms with Gasteiger partial charge in [-0.15, -0.1) is 5.10 Å². The van der Waals surface area contributed by atoms with Crippen LogP contribution < -0.4 is 4.74 Å². The van der Waals surface area contributed by atoms with E-state index in [4.69, 9.17) is 4.74 Å². The number of benzene rings is 2. The molecule has 5 nitrogen and oxygen atoms in total. The average Bonchev–Trinajstić information content (AvgIpc) is 2.98. The number of aromatic nitrogens is 3. The second-order valence-corrected chi connectivity index (χ2v) is 5.04. The Morgan fingerprint density at radius 3 is 2.74 bits per heavy atom. The van der Waals surface area contributed by atoms with E-state index in [1.54, 1.807) is 19.2 Å². The number of halogens is 1. The molecule has 0 atom stereocenters. The topological polar surface area (TPSA) is 57.0 Å². The maximum Gasteiger partial charge on any atom is 0.172 e. The van der Waals surface area contributed by atoms with Gasteiger partial charge in [-0.1, -0.05) is 23.4 Å². The molecule has 0 bridgehead atoms. The third-order valence-corrected chi connectivity index (χ3v) is 3.47. The summed E-state index contributed by atoms with van der Waals surface area (Å²) in [5.74, 6) is 0.180. The highest BCUT2D eigenvalue weighted by Crippen LogP contribution is 2.30. The monoisotopic (exact) mass is 311 g/mol. The van der Waals surface area contributed by atoms with Crippen LogP contribution in [-0.2, 0) is 0 Å². The molecule has 0 N–H and O–H groups in total. The summed E-state index contributed by atoms with van der Waals surface area (Å²) in [4.78, 5) is 11.3. The molecule has 0 amide bonds. The zero-order chi connectivity index (χ0) is 16.4. The first kappa shape index (κ1) is 14.9. The summed E-state index contributed by atoms with van der Waals surface area (Å²) in [7, 11) is 1.55. The van der Waals surface area contributed by atoms with Gasteiger partial charge in [-0.3, -0.25) is 4.79 Å². The standard InChI is InChI=1S/C17H14FN3O2/c1-11-6-7-16(23-2)15(8-11)21-17(14(10-22)19-20-21)12-4-3-5-13(18)9-12/h3-10H,1-2H3. The zero-order valence-corrected chi connectivity index (χ0v) is 12.7. The predicted octanol–water partition coefficient (Wildman–Crippen LogP) is 3.20. The molecule has 0 aliphatic rings. The molecule has 3 rings (SSSR count). The number of hydrogen-bond donors (Lipinski definition) is 0. The van der Waals surface area contributed by atoms with E-state index in [0.29, 0.717) is 29.0 Å². The number of ether oxygens (including phenoxy) is 1. The number of nitrogens with zero attached hydrogens (tertiary/aromatic N) is 3. The van der Waals surface area contributed by atoms with Gasteiger partial charge >= 0.3 is 0 Å². The number of carbonyl (C=O) groups is 1. The lowest BCUT2D eigenvalue weighted by Crippen LogP contribution is -2.03. The van der Waals surface area contributed by atoms with Crippen molar-refractivity contribution < 1.29 is 13.9 Å². The first-order chi connectivity index (χ1) is 11.1. The summed E-state index contributed by atoms with van der Waals surface area (Å²) in [6.07, 6.45) is 0.603. The van der Waals surface area contributed by atoms with Crippen LogP contribution in [-0.4, -0.2) is 28.4 Å².